The van der Waals surface area contributed by atoms with Gasteiger partial charge in [-0.05, 0) is 74.0 Å². The van der Waals surface area contributed by atoms with Crippen molar-refractivity contribution < 1.29 is 29.0 Å². The van der Waals surface area contributed by atoms with Crippen LogP contribution in [0.5, 0.6) is 11.5 Å². The first-order valence-electron chi connectivity index (χ1n) is 11.1. The second-order valence-corrected chi connectivity index (χ2v) is 9.23. The van der Waals surface area contributed by atoms with Gasteiger partial charge in [0.15, 0.2) is 6.61 Å². The Balaban J connectivity index is 1.57. The predicted molar refractivity (Wildman–Crippen MR) is 141 cm³/mol. The molecule has 188 valence electrons. The number of halogens is 1. The summed E-state index contributed by atoms with van der Waals surface area (Å²) in [5, 5.41) is 14.5. The number of hydrogen-bond acceptors (Lipinski definition) is 6. The molecule has 9 nitrogen and oxygen atoms in total. The van der Waals surface area contributed by atoms with E-state index in [1.165, 1.54) is 30.3 Å². The van der Waals surface area contributed by atoms with Crippen LogP contribution in [0, 0.1) is 13.8 Å². The number of urea groups is 1. The molecule has 3 aromatic rings. The van der Waals surface area contributed by atoms with E-state index in [-0.39, 0.29) is 35.3 Å². The van der Waals surface area contributed by atoms with Crippen LogP contribution in [0.15, 0.2) is 70.7 Å². The lowest BCUT2D eigenvalue weighted by Gasteiger charge is -2.26. The minimum atomic E-state index is -0.911. The van der Waals surface area contributed by atoms with Crippen molar-refractivity contribution in [2.45, 2.75) is 13.8 Å². The van der Waals surface area contributed by atoms with E-state index in [9.17, 15) is 24.3 Å². The van der Waals surface area contributed by atoms with E-state index in [0.717, 1.165) is 16.0 Å². The molecule has 1 saturated heterocycles. The fraction of sp³-hybridized carbons (Fsp3) is 0.111. The van der Waals surface area contributed by atoms with Crippen molar-refractivity contribution in [3.63, 3.8) is 0 Å². The van der Waals surface area contributed by atoms with Gasteiger partial charge in [0.25, 0.3) is 17.7 Å². The second-order valence-electron chi connectivity index (χ2n) is 8.31. The van der Waals surface area contributed by atoms with Crippen LogP contribution in [0.3, 0.4) is 0 Å². The fourth-order valence-electron chi connectivity index (χ4n) is 3.70. The number of phenols is 1. The number of ether oxygens (including phenoxy) is 1. The molecule has 1 fully saturated rings. The van der Waals surface area contributed by atoms with Crippen molar-refractivity contribution in [1.29, 1.82) is 0 Å². The normalized spacial score (nSPS) is 14.5. The molecular formula is C27H22BrN3O6. The van der Waals surface area contributed by atoms with E-state index in [0.29, 0.717) is 15.7 Å². The monoisotopic (exact) mass is 563 g/mol. The highest BCUT2D eigenvalue weighted by molar-refractivity contribution is 9.10. The number of benzene rings is 3. The molecule has 0 saturated carbocycles. The van der Waals surface area contributed by atoms with Gasteiger partial charge in [0, 0.05) is 15.7 Å². The van der Waals surface area contributed by atoms with Crippen LogP contribution < -0.4 is 20.3 Å². The van der Waals surface area contributed by atoms with Gasteiger partial charge >= 0.3 is 6.03 Å². The summed E-state index contributed by atoms with van der Waals surface area (Å²) in [4.78, 5) is 51.4. The van der Waals surface area contributed by atoms with E-state index in [4.69, 9.17) is 4.74 Å². The largest absolute Gasteiger partial charge is 0.508 e. The molecule has 1 aliphatic heterocycles. The van der Waals surface area contributed by atoms with Gasteiger partial charge in [-0.2, -0.15) is 0 Å². The quantitative estimate of drug-likeness (QED) is 0.300. The van der Waals surface area contributed by atoms with E-state index >= 15 is 0 Å². The van der Waals surface area contributed by atoms with E-state index in [1.54, 1.807) is 18.2 Å². The maximum Gasteiger partial charge on any atom is 0.335 e. The van der Waals surface area contributed by atoms with Crippen molar-refractivity contribution in [2.75, 3.05) is 16.8 Å². The number of nitrogens with zero attached hydrogens (tertiary/aromatic N) is 1. The molecule has 3 N–H and O–H groups in total. The standard InChI is InChI=1S/C27H22BrN3O6/c1-15-3-9-22(16(2)11-15)29-24(33)14-37-23-10-4-18(28)12-17(23)13-21-25(34)30-27(36)31(26(21)35)19-5-7-20(32)8-6-19/h3-13,32H,14H2,1-2H3,(H,29,33)(H,30,34,36)/b21-13-. The summed E-state index contributed by atoms with van der Waals surface area (Å²) in [5.74, 6) is -1.90. The van der Waals surface area contributed by atoms with Crippen molar-refractivity contribution in [3.05, 3.63) is 87.4 Å². The lowest BCUT2D eigenvalue weighted by molar-refractivity contribution is -0.122. The molecule has 0 spiro atoms. The number of nitrogens with one attached hydrogen (secondary N) is 2. The molecule has 37 heavy (non-hydrogen) atoms. The number of carbonyl (C=O) groups is 4. The zero-order valence-electron chi connectivity index (χ0n) is 19.9. The van der Waals surface area contributed by atoms with Crippen molar-refractivity contribution >= 4 is 57.1 Å². The SMILES string of the molecule is Cc1ccc(NC(=O)COc2ccc(Br)cc2/C=C2/C(=O)NC(=O)N(c3ccc(O)cc3)C2=O)c(C)c1. The van der Waals surface area contributed by atoms with Gasteiger partial charge in [0.2, 0.25) is 0 Å². The van der Waals surface area contributed by atoms with Gasteiger partial charge in [0.05, 0.1) is 5.69 Å². The molecule has 0 aliphatic carbocycles. The molecular weight excluding hydrogens is 542 g/mol. The zero-order valence-corrected chi connectivity index (χ0v) is 21.5. The van der Waals surface area contributed by atoms with Crippen LogP contribution in [0.2, 0.25) is 0 Å². The third kappa shape index (κ3) is 5.87. The van der Waals surface area contributed by atoms with Crippen LogP contribution in [0.25, 0.3) is 6.08 Å². The predicted octanol–water partition coefficient (Wildman–Crippen LogP) is 4.46. The van der Waals surface area contributed by atoms with Crippen LogP contribution in [-0.2, 0) is 14.4 Å². The minimum absolute atomic E-state index is 0.0436. The Morgan fingerprint density at radius 1 is 1.05 bits per heavy atom. The van der Waals surface area contributed by atoms with Crippen molar-refractivity contribution in [3.8, 4) is 11.5 Å². The van der Waals surface area contributed by atoms with Gasteiger partial charge in [0.1, 0.15) is 17.1 Å². The molecule has 5 amide bonds. The minimum Gasteiger partial charge on any atom is -0.508 e. The summed E-state index contributed by atoms with van der Waals surface area (Å²) in [5.41, 5.74) is 2.86. The molecule has 0 unspecified atom stereocenters. The lowest BCUT2D eigenvalue weighted by atomic mass is 10.1. The first-order valence-corrected chi connectivity index (χ1v) is 11.9. The summed E-state index contributed by atoms with van der Waals surface area (Å²) >= 11 is 3.36. The highest BCUT2D eigenvalue weighted by atomic mass is 79.9. The Labute approximate surface area is 220 Å². The molecule has 0 radical (unpaired) electrons. The number of carbonyl (C=O) groups excluding carboxylic acids is 4. The number of aromatic hydroxyl groups is 1. The number of aryl methyl sites for hydroxylation is 2. The van der Waals surface area contributed by atoms with Crippen molar-refractivity contribution in [1.82, 2.24) is 5.32 Å². The lowest BCUT2D eigenvalue weighted by Crippen LogP contribution is -2.54. The zero-order chi connectivity index (χ0) is 26.7. The fourth-order valence-corrected chi connectivity index (χ4v) is 4.07. The van der Waals surface area contributed by atoms with Gasteiger partial charge in [-0.25, -0.2) is 9.69 Å². The Morgan fingerprint density at radius 2 is 1.78 bits per heavy atom. The number of phenolic OH excluding ortho intramolecular Hbond substituents is 1. The number of hydrogen-bond donors (Lipinski definition) is 3. The van der Waals surface area contributed by atoms with Gasteiger partial charge in [-0.1, -0.05) is 33.6 Å². The third-order valence-electron chi connectivity index (χ3n) is 5.50. The van der Waals surface area contributed by atoms with Crippen LogP contribution in [-0.4, -0.2) is 35.5 Å². The number of amides is 5. The Kier molecular flexibility index (Phi) is 7.40. The smallest absolute Gasteiger partial charge is 0.335 e. The molecule has 3 aromatic carbocycles. The number of anilines is 2. The molecule has 10 heteroatoms. The maximum atomic E-state index is 13.2. The number of barbiturate groups is 1. The summed E-state index contributed by atoms with van der Waals surface area (Å²) in [6.07, 6.45) is 1.29. The topological polar surface area (TPSA) is 125 Å². The molecule has 1 aliphatic rings. The Morgan fingerprint density at radius 3 is 2.49 bits per heavy atom. The Hall–Kier alpha value is -4.44. The summed E-state index contributed by atoms with van der Waals surface area (Å²) in [6.45, 7) is 3.53. The van der Waals surface area contributed by atoms with Gasteiger partial charge in [-0.15, -0.1) is 0 Å². The van der Waals surface area contributed by atoms with Gasteiger partial charge in [-0.3, -0.25) is 19.7 Å². The van der Waals surface area contributed by atoms with Crippen molar-refractivity contribution in [2.24, 2.45) is 0 Å². The molecule has 0 aromatic heterocycles. The maximum absolute atomic E-state index is 13.2. The molecule has 0 bridgehead atoms. The first kappa shape index (κ1) is 25.6. The van der Waals surface area contributed by atoms with Crippen LogP contribution >= 0.6 is 15.9 Å². The van der Waals surface area contributed by atoms with E-state index < -0.39 is 17.8 Å². The average Bonchev–Trinajstić information content (AvgIpc) is 2.84. The summed E-state index contributed by atoms with van der Waals surface area (Å²) in [7, 11) is 0. The molecule has 1 heterocycles. The Bertz CT molecular complexity index is 1450. The number of imide groups is 2. The average molecular weight is 564 g/mol. The van der Waals surface area contributed by atoms with Crippen LogP contribution in [0.1, 0.15) is 16.7 Å². The third-order valence-corrected chi connectivity index (χ3v) is 5.99. The highest BCUT2D eigenvalue weighted by Gasteiger charge is 2.37. The van der Waals surface area contributed by atoms with E-state index in [2.05, 4.69) is 26.6 Å². The van der Waals surface area contributed by atoms with E-state index in [1.807, 2.05) is 32.0 Å². The molecule has 0 atom stereocenters. The van der Waals surface area contributed by atoms with Gasteiger partial charge < -0.3 is 15.2 Å². The highest BCUT2D eigenvalue weighted by Crippen LogP contribution is 2.29. The summed E-state index contributed by atoms with van der Waals surface area (Å²) in [6, 6.07) is 15.0. The number of rotatable bonds is 6. The first-order chi connectivity index (χ1) is 17.6. The molecule has 4 rings (SSSR count). The van der Waals surface area contributed by atoms with Crippen LogP contribution in [0.4, 0.5) is 16.2 Å². The second kappa shape index (κ2) is 10.7. The summed E-state index contributed by atoms with van der Waals surface area (Å²) < 4.78 is 6.36.